The van der Waals surface area contributed by atoms with E-state index in [-0.39, 0.29) is 11.9 Å². The van der Waals surface area contributed by atoms with Crippen LogP contribution in [0.5, 0.6) is 0 Å². The van der Waals surface area contributed by atoms with Gasteiger partial charge in [0.1, 0.15) is 5.82 Å². The Morgan fingerprint density at radius 2 is 1.90 bits per heavy atom. The zero-order valence-corrected chi connectivity index (χ0v) is 13.9. The van der Waals surface area contributed by atoms with Crippen molar-refractivity contribution in [3.8, 4) is 0 Å². The number of halogens is 2. The third kappa shape index (κ3) is 3.79. The molecule has 0 amide bonds. The fourth-order valence-corrected chi connectivity index (χ4v) is 2.82. The lowest BCUT2D eigenvalue weighted by Crippen LogP contribution is -2.23. The summed E-state index contributed by atoms with van der Waals surface area (Å²) in [4.78, 5) is 0. The number of aryl methyl sites for hydroxylation is 1. The first-order valence-corrected chi connectivity index (χ1v) is 7.94. The molecule has 106 valence electrons. The summed E-state index contributed by atoms with van der Waals surface area (Å²) in [5.41, 5.74) is 3.02. The van der Waals surface area contributed by atoms with Gasteiger partial charge in [-0.1, -0.05) is 31.2 Å². The van der Waals surface area contributed by atoms with Crippen LogP contribution in [0.1, 0.15) is 36.1 Å². The van der Waals surface area contributed by atoms with Crippen LogP contribution in [0.2, 0.25) is 0 Å². The van der Waals surface area contributed by atoms with Gasteiger partial charge in [-0.05, 0) is 77.4 Å². The van der Waals surface area contributed by atoms with Crippen LogP contribution >= 0.6 is 22.6 Å². The summed E-state index contributed by atoms with van der Waals surface area (Å²) in [6, 6.07) is 13.9. The van der Waals surface area contributed by atoms with Gasteiger partial charge in [0.15, 0.2) is 0 Å². The van der Waals surface area contributed by atoms with E-state index in [1.54, 1.807) is 6.07 Å². The van der Waals surface area contributed by atoms with Crippen molar-refractivity contribution in [3.63, 3.8) is 0 Å². The molecule has 0 aliphatic rings. The number of hydrogen-bond donors (Lipinski definition) is 1. The lowest BCUT2D eigenvalue weighted by Gasteiger charge is -2.20. The molecule has 0 aromatic heterocycles. The summed E-state index contributed by atoms with van der Waals surface area (Å²) in [5.74, 6) is -0.148. The number of rotatable bonds is 5. The quantitative estimate of drug-likeness (QED) is 0.730. The SMILES string of the molecule is CCCNC(c1cccc(I)c1)c1ccc(F)c(C)c1. The normalized spacial score (nSPS) is 12.4. The van der Waals surface area contributed by atoms with E-state index >= 15 is 0 Å². The van der Waals surface area contributed by atoms with E-state index in [0.717, 1.165) is 18.5 Å². The molecule has 0 saturated carbocycles. The molecule has 0 spiro atoms. The molecule has 2 aromatic carbocycles. The third-order valence-electron chi connectivity index (χ3n) is 3.30. The van der Waals surface area contributed by atoms with Crippen LogP contribution in [0.15, 0.2) is 42.5 Å². The van der Waals surface area contributed by atoms with Crippen molar-refractivity contribution < 1.29 is 4.39 Å². The van der Waals surface area contributed by atoms with Crippen molar-refractivity contribution in [1.82, 2.24) is 5.32 Å². The first kappa shape index (κ1) is 15.4. The second-order valence-electron chi connectivity index (χ2n) is 4.95. The first-order chi connectivity index (χ1) is 9.61. The average Bonchev–Trinajstić information content (AvgIpc) is 2.43. The topological polar surface area (TPSA) is 12.0 Å². The largest absolute Gasteiger partial charge is 0.306 e. The fourth-order valence-electron chi connectivity index (χ4n) is 2.25. The molecule has 0 aliphatic heterocycles. The van der Waals surface area contributed by atoms with E-state index in [1.165, 1.54) is 9.13 Å². The maximum absolute atomic E-state index is 13.5. The highest BCUT2D eigenvalue weighted by molar-refractivity contribution is 14.1. The van der Waals surface area contributed by atoms with Crippen molar-refractivity contribution in [2.75, 3.05) is 6.54 Å². The van der Waals surface area contributed by atoms with Gasteiger partial charge in [0.25, 0.3) is 0 Å². The molecule has 2 aromatic rings. The molecule has 3 heteroatoms. The van der Waals surface area contributed by atoms with Crippen molar-refractivity contribution in [2.45, 2.75) is 26.3 Å². The van der Waals surface area contributed by atoms with E-state index in [9.17, 15) is 4.39 Å². The minimum Gasteiger partial charge on any atom is -0.306 e. The van der Waals surface area contributed by atoms with Crippen molar-refractivity contribution in [3.05, 3.63) is 68.5 Å². The van der Waals surface area contributed by atoms with Crippen LogP contribution < -0.4 is 5.32 Å². The summed E-state index contributed by atoms with van der Waals surface area (Å²) < 4.78 is 14.7. The minimum atomic E-state index is -0.148. The van der Waals surface area contributed by atoms with Gasteiger partial charge in [-0.15, -0.1) is 0 Å². The monoisotopic (exact) mass is 383 g/mol. The van der Waals surface area contributed by atoms with Crippen molar-refractivity contribution >= 4 is 22.6 Å². The van der Waals surface area contributed by atoms with Gasteiger partial charge in [-0.2, -0.15) is 0 Å². The summed E-state index contributed by atoms with van der Waals surface area (Å²) in [6.07, 6.45) is 1.07. The van der Waals surface area contributed by atoms with Crippen LogP contribution in [-0.2, 0) is 0 Å². The average molecular weight is 383 g/mol. The van der Waals surface area contributed by atoms with Gasteiger partial charge in [0, 0.05) is 3.57 Å². The molecule has 1 nitrogen and oxygen atoms in total. The Morgan fingerprint density at radius 1 is 1.15 bits per heavy atom. The fraction of sp³-hybridized carbons (Fsp3) is 0.294. The maximum atomic E-state index is 13.5. The van der Waals surface area contributed by atoms with Gasteiger partial charge in [0.2, 0.25) is 0 Å². The van der Waals surface area contributed by atoms with Crippen LogP contribution in [0, 0.1) is 16.3 Å². The second kappa shape index (κ2) is 7.18. The molecule has 2 rings (SSSR count). The van der Waals surface area contributed by atoms with Crippen LogP contribution in [0.4, 0.5) is 4.39 Å². The van der Waals surface area contributed by atoms with Crippen molar-refractivity contribution in [1.29, 1.82) is 0 Å². The molecular formula is C17H19FIN. The summed E-state index contributed by atoms with van der Waals surface area (Å²) in [6.45, 7) is 4.89. The molecule has 0 heterocycles. The Morgan fingerprint density at radius 3 is 2.55 bits per heavy atom. The lowest BCUT2D eigenvalue weighted by molar-refractivity contribution is 0.590. The molecule has 0 bridgehead atoms. The van der Waals surface area contributed by atoms with E-state index in [2.05, 4.69) is 59.1 Å². The minimum absolute atomic E-state index is 0.115. The van der Waals surface area contributed by atoms with Crippen LogP contribution in [-0.4, -0.2) is 6.54 Å². The highest BCUT2D eigenvalue weighted by Gasteiger charge is 2.14. The molecule has 0 fully saturated rings. The molecule has 0 radical (unpaired) electrons. The third-order valence-corrected chi connectivity index (χ3v) is 3.97. The van der Waals surface area contributed by atoms with Gasteiger partial charge in [-0.25, -0.2) is 4.39 Å². The smallest absolute Gasteiger partial charge is 0.126 e. The number of nitrogens with one attached hydrogen (secondary N) is 1. The van der Waals surface area contributed by atoms with Gasteiger partial charge < -0.3 is 5.32 Å². The zero-order valence-electron chi connectivity index (χ0n) is 11.8. The number of benzene rings is 2. The van der Waals surface area contributed by atoms with E-state index in [1.807, 2.05) is 19.1 Å². The standard InChI is InChI=1S/C17H19FIN/c1-3-9-20-17(13-5-4-6-15(19)11-13)14-7-8-16(18)12(2)10-14/h4-8,10-11,17,20H,3,9H2,1-2H3. The van der Waals surface area contributed by atoms with E-state index in [0.29, 0.717) is 5.56 Å². The van der Waals surface area contributed by atoms with E-state index in [4.69, 9.17) is 0 Å². The second-order valence-corrected chi connectivity index (χ2v) is 6.20. The molecule has 1 atom stereocenters. The first-order valence-electron chi connectivity index (χ1n) is 6.86. The Labute approximate surface area is 133 Å². The van der Waals surface area contributed by atoms with Crippen LogP contribution in [0.25, 0.3) is 0 Å². The van der Waals surface area contributed by atoms with Crippen LogP contribution in [0.3, 0.4) is 0 Å². The zero-order chi connectivity index (χ0) is 14.5. The summed E-state index contributed by atoms with van der Waals surface area (Å²) in [5, 5.41) is 3.55. The predicted octanol–water partition coefficient (Wildman–Crippen LogP) is 4.83. The van der Waals surface area contributed by atoms with E-state index < -0.39 is 0 Å². The maximum Gasteiger partial charge on any atom is 0.126 e. The Kier molecular flexibility index (Phi) is 5.54. The molecular weight excluding hydrogens is 364 g/mol. The predicted molar refractivity (Wildman–Crippen MR) is 90.4 cm³/mol. The summed E-state index contributed by atoms with van der Waals surface area (Å²) >= 11 is 2.32. The Hall–Kier alpha value is -0.940. The molecule has 0 saturated heterocycles. The Balaban J connectivity index is 2.38. The molecule has 1 unspecified atom stereocenters. The molecule has 0 aliphatic carbocycles. The number of hydrogen-bond acceptors (Lipinski definition) is 1. The van der Waals surface area contributed by atoms with Gasteiger partial charge >= 0.3 is 0 Å². The molecule has 20 heavy (non-hydrogen) atoms. The van der Waals surface area contributed by atoms with Gasteiger partial charge in [0.05, 0.1) is 6.04 Å². The summed E-state index contributed by atoms with van der Waals surface area (Å²) in [7, 11) is 0. The van der Waals surface area contributed by atoms with Crippen molar-refractivity contribution in [2.24, 2.45) is 0 Å². The van der Waals surface area contributed by atoms with Gasteiger partial charge in [-0.3, -0.25) is 0 Å². The Bertz CT molecular complexity index is 583. The molecule has 1 N–H and O–H groups in total. The highest BCUT2D eigenvalue weighted by atomic mass is 127. The highest BCUT2D eigenvalue weighted by Crippen LogP contribution is 2.25. The lowest BCUT2D eigenvalue weighted by atomic mass is 9.97.